The van der Waals surface area contributed by atoms with E-state index >= 15 is 0 Å². The molecular weight excluding hydrogens is 293 g/mol. The van der Waals surface area contributed by atoms with Crippen LogP contribution < -0.4 is 5.32 Å². The van der Waals surface area contributed by atoms with Crippen LogP contribution in [0.15, 0.2) is 29.4 Å². The van der Waals surface area contributed by atoms with Crippen molar-refractivity contribution in [1.82, 2.24) is 25.5 Å². The molecule has 0 bridgehead atoms. The number of nitrogens with zero attached hydrogens (tertiary/aromatic N) is 4. The zero-order valence-corrected chi connectivity index (χ0v) is 12.2. The van der Waals surface area contributed by atoms with Gasteiger partial charge >= 0.3 is 0 Å². The Morgan fingerprint density at radius 3 is 3.05 bits per heavy atom. The van der Waals surface area contributed by atoms with Gasteiger partial charge in [0.1, 0.15) is 5.82 Å². The Morgan fingerprint density at radius 1 is 1.52 bits per heavy atom. The fourth-order valence-corrected chi connectivity index (χ4v) is 2.60. The molecule has 8 heteroatoms. The lowest BCUT2D eigenvalue weighted by Gasteiger charge is -2.11. The Labute approximate surface area is 125 Å². The van der Waals surface area contributed by atoms with Crippen LogP contribution in [0.2, 0.25) is 0 Å². The normalized spacial score (nSPS) is 15.7. The van der Waals surface area contributed by atoms with Crippen LogP contribution in [0.5, 0.6) is 0 Å². The minimum absolute atomic E-state index is 0.0312. The van der Waals surface area contributed by atoms with Gasteiger partial charge < -0.3 is 5.32 Å². The molecular formula is C13H14FN5OS. The van der Waals surface area contributed by atoms with Gasteiger partial charge in [-0.25, -0.2) is 4.39 Å². The van der Waals surface area contributed by atoms with Crippen molar-refractivity contribution in [3.8, 4) is 5.69 Å². The summed E-state index contributed by atoms with van der Waals surface area (Å²) in [6, 6.07) is 6.31. The van der Waals surface area contributed by atoms with Gasteiger partial charge in [-0.3, -0.25) is 4.79 Å². The molecule has 1 aliphatic rings. The second-order valence-corrected chi connectivity index (χ2v) is 6.20. The smallest absolute Gasteiger partial charge is 0.233 e. The highest BCUT2D eigenvalue weighted by Crippen LogP contribution is 2.25. The Kier molecular flexibility index (Phi) is 3.87. The average Bonchev–Trinajstić information content (AvgIpc) is 3.15. The quantitative estimate of drug-likeness (QED) is 0.849. The van der Waals surface area contributed by atoms with Crippen molar-refractivity contribution in [1.29, 1.82) is 0 Å². The number of thioether (sulfide) groups is 1. The second kappa shape index (κ2) is 5.80. The summed E-state index contributed by atoms with van der Waals surface area (Å²) >= 11 is 1.25. The molecule has 1 heterocycles. The molecule has 6 nitrogen and oxygen atoms in total. The van der Waals surface area contributed by atoms with Crippen molar-refractivity contribution < 1.29 is 9.18 Å². The van der Waals surface area contributed by atoms with Crippen molar-refractivity contribution in [2.24, 2.45) is 0 Å². The Bertz CT molecular complexity index is 658. The van der Waals surface area contributed by atoms with Crippen LogP contribution in [0.25, 0.3) is 5.69 Å². The van der Waals surface area contributed by atoms with Crippen molar-refractivity contribution in [3.63, 3.8) is 0 Å². The number of hydrogen-bond donors (Lipinski definition) is 1. The molecule has 1 fully saturated rings. The van der Waals surface area contributed by atoms with Gasteiger partial charge in [0, 0.05) is 6.04 Å². The maximum atomic E-state index is 13.3. The maximum absolute atomic E-state index is 13.3. The van der Waals surface area contributed by atoms with Crippen LogP contribution in [0.1, 0.15) is 19.8 Å². The van der Waals surface area contributed by atoms with Crippen molar-refractivity contribution >= 4 is 17.7 Å². The highest BCUT2D eigenvalue weighted by atomic mass is 32.2. The van der Waals surface area contributed by atoms with Gasteiger partial charge in [0.2, 0.25) is 11.1 Å². The van der Waals surface area contributed by atoms with Gasteiger partial charge in [0.25, 0.3) is 0 Å². The molecule has 0 aliphatic heterocycles. The first-order chi connectivity index (χ1) is 10.1. The van der Waals surface area contributed by atoms with Gasteiger partial charge in [-0.05, 0) is 48.4 Å². The highest BCUT2D eigenvalue weighted by Gasteiger charge is 2.27. The summed E-state index contributed by atoms with van der Waals surface area (Å²) in [6.07, 6.45) is 2.09. The van der Waals surface area contributed by atoms with Gasteiger partial charge in [0.05, 0.1) is 10.9 Å². The van der Waals surface area contributed by atoms with E-state index in [0.717, 1.165) is 12.8 Å². The van der Waals surface area contributed by atoms with Crippen LogP contribution in [0.4, 0.5) is 4.39 Å². The standard InChI is InChI=1S/C13H14FN5OS/c1-8(12(20)15-10-5-6-10)21-13-16-17-18-19(13)11-4-2-3-9(14)7-11/h2-4,7-8,10H,5-6H2,1H3,(H,15,20)/t8-/m0/s1. The zero-order chi connectivity index (χ0) is 14.8. The number of halogens is 1. The van der Waals surface area contributed by atoms with Gasteiger partial charge in [0.15, 0.2) is 0 Å². The third-order valence-corrected chi connectivity index (χ3v) is 4.10. The molecule has 3 rings (SSSR count). The number of aromatic nitrogens is 4. The summed E-state index contributed by atoms with van der Waals surface area (Å²) in [7, 11) is 0. The van der Waals surface area contributed by atoms with E-state index in [0.29, 0.717) is 16.9 Å². The average molecular weight is 307 g/mol. The number of rotatable bonds is 5. The lowest BCUT2D eigenvalue weighted by atomic mass is 10.3. The van der Waals surface area contributed by atoms with E-state index < -0.39 is 0 Å². The SMILES string of the molecule is C[C@H](Sc1nnnn1-c1cccc(F)c1)C(=O)NC1CC1. The van der Waals surface area contributed by atoms with Crippen LogP contribution in [-0.4, -0.2) is 37.4 Å². The molecule has 2 aromatic rings. The molecule has 1 atom stereocenters. The molecule has 1 aliphatic carbocycles. The first-order valence-corrected chi connectivity index (χ1v) is 7.53. The number of carbonyl (C=O) groups excluding carboxylic acids is 1. The number of hydrogen-bond acceptors (Lipinski definition) is 5. The van der Waals surface area contributed by atoms with E-state index in [4.69, 9.17) is 0 Å². The summed E-state index contributed by atoms with van der Waals surface area (Å²) in [4.78, 5) is 12.0. The molecule has 1 amide bonds. The van der Waals surface area contributed by atoms with E-state index in [2.05, 4.69) is 20.8 Å². The fourth-order valence-electron chi connectivity index (χ4n) is 1.78. The van der Waals surface area contributed by atoms with Crippen LogP contribution in [0.3, 0.4) is 0 Å². The minimum Gasteiger partial charge on any atom is -0.352 e. The van der Waals surface area contributed by atoms with Crippen LogP contribution in [-0.2, 0) is 4.79 Å². The largest absolute Gasteiger partial charge is 0.352 e. The monoisotopic (exact) mass is 307 g/mol. The summed E-state index contributed by atoms with van der Waals surface area (Å²) in [5, 5.41) is 14.4. The van der Waals surface area contributed by atoms with Crippen LogP contribution in [0, 0.1) is 5.82 Å². The molecule has 0 saturated heterocycles. The van der Waals surface area contributed by atoms with Crippen molar-refractivity contribution in [2.75, 3.05) is 0 Å². The number of nitrogens with one attached hydrogen (secondary N) is 1. The first-order valence-electron chi connectivity index (χ1n) is 6.65. The van der Waals surface area contributed by atoms with Crippen LogP contribution >= 0.6 is 11.8 Å². The number of carbonyl (C=O) groups is 1. The predicted molar refractivity (Wildman–Crippen MR) is 75.6 cm³/mol. The number of tetrazole rings is 1. The lowest BCUT2D eigenvalue weighted by Crippen LogP contribution is -2.32. The van der Waals surface area contributed by atoms with E-state index in [9.17, 15) is 9.18 Å². The fraction of sp³-hybridized carbons (Fsp3) is 0.385. The second-order valence-electron chi connectivity index (χ2n) is 4.90. The maximum Gasteiger partial charge on any atom is 0.233 e. The molecule has 1 aromatic heterocycles. The zero-order valence-electron chi connectivity index (χ0n) is 11.4. The summed E-state index contributed by atoms with van der Waals surface area (Å²) < 4.78 is 14.7. The molecule has 1 saturated carbocycles. The Morgan fingerprint density at radius 2 is 2.33 bits per heavy atom. The molecule has 21 heavy (non-hydrogen) atoms. The predicted octanol–water partition coefficient (Wildman–Crippen LogP) is 1.56. The third kappa shape index (κ3) is 3.38. The molecule has 0 unspecified atom stereocenters. The Hall–Kier alpha value is -1.96. The van der Waals surface area contributed by atoms with E-state index in [1.54, 1.807) is 19.1 Å². The molecule has 1 aromatic carbocycles. The van der Waals surface area contributed by atoms with Crippen molar-refractivity contribution in [3.05, 3.63) is 30.1 Å². The number of benzene rings is 1. The highest BCUT2D eigenvalue weighted by molar-refractivity contribution is 8.00. The summed E-state index contributed by atoms with van der Waals surface area (Å²) in [5.41, 5.74) is 0.525. The topological polar surface area (TPSA) is 72.7 Å². The third-order valence-electron chi connectivity index (χ3n) is 3.07. The van der Waals surface area contributed by atoms with E-state index in [1.807, 2.05) is 0 Å². The van der Waals surface area contributed by atoms with Gasteiger partial charge in [-0.1, -0.05) is 17.8 Å². The number of amides is 1. The molecule has 1 N–H and O–H groups in total. The van der Waals surface area contributed by atoms with E-state index in [-0.39, 0.29) is 17.0 Å². The molecule has 0 spiro atoms. The van der Waals surface area contributed by atoms with Crippen molar-refractivity contribution in [2.45, 2.75) is 36.2 Å². The van der Waals surface area contributed by atoms with E-state index in [1.165, 1.54) is 28.6 Å². The minimum atomic E-state index is -0.363. The van der Waals surface area contributed by atoms with Gasteiger partial charge in [-0.2, -0.15) is 4.68 Å². The Balaban J connectivity index is 1.74. The summed E-state index contributed by atoms with van der Waals surface area (Å²) in [5.74, 6) is -0.394. The molecule has 0 radical (unpaired) electrons. The summed E-state index contributed by atoms with van der Waals surface area (Å²) in [6.45, 7) is 1.80. The molecule has 110 valence electrons. The lowest BCUT2D eigenvalue weighted by molar-refractivity contribution is -0.120. The first kappa shape index (κ1) is 14.0. The van der Waals surface area contributed by atoms with Gasteiger partial charge in [-0.15, -0.1) is 5.10 Å².